The minimum atomic E-state index is 0.276. The zero-order valence-electron chi connectivity index (χ0n) is 11.4. The quantitative estimate of drug-likeness (QED) is 0.775. The van der Waals surface area contributed by atoms with Crippen LogP contribution in [-0.4, -0.2) is 18.1 Å². The van der Waals surface area contributed by atoms with E-state index in [1.54, 1.807) is 0 Å². The second kappa shape index (κ2) is 6.36. The number of hydrogen-bond donors (Lipinski definition) is 0. The summed E-state index contributed by atoms with van der Waals surface area (Å²) in [6.07, 6.45) is 9.04. The van der Waals surface area contributed by atoms with Gasteiger partial charge in [0.1, 0.15) is 12.4 Å². The van der Waals surface area contributed by atoms with Crippen molar-refractivity contribution >= 4 is 17.3 Å². The normalized spacial score (nSPS) is 14.4. The largest absolute Gasteiger partial charge is 0.481 e. The van der Waals surface area contributed by atoms with E-state index in [9.17, 15) is 0 Å². The molecule has 1 aromatic rings. The summed E-state index contributed by atoms with van der Waals surface area (Å²) in [4.78, 5) is 2.08. The maximum Gasteiger partial charge on any atom is 0.148 e. The molecular formula is C17H16ClNO. The maximum absolute atomic E-state index is 6.11. The molecule has 0 saturated carbocycles. The van der Waals surface area contributed by atoms with Crippen LogP contribution >= 0.6 is 11.6 Å². The Hall–Kier alpha value is -2.11. The summed E-state index contributed by atoms with van der Waals surface area (Å²) in [5.41, 5.74) is 2.98. The average Bonchev–Trinajstić information content (AvgIpc) is 2.48. The SMILES string of the molecule is C#CCOc1ccc(C2=CC=C(Cl)C(=C)N2CC)cc1. The molecule has 0 aromatic heterocycles. The van der Waals surface area contributed by atoms with Crippen LogP contribution in [0.25, 0.3) is 5.70 Å². The van der Waals surface area contributed by atoms with E-state index in [0.29, 0.717) is 5.03 Å². The number of ether oxygens (including phenoxy) is 1. The third-order valence-electron chi connectivity index (χ3n) is 3.07. The molecule has 0 amide bonds. The van der Waals surface area contributed by atoms with Crippen LogP contribution in [0.4, 0.5) is 0 Å². The van der Waals surface area contributed by atoms with E-state index in [2.05, 4.69) is 24.3 Å². The molecule has 0 fully saturated rings. The first-order chi connectivity index (χ1) is 9.67. The Morgan fingerprint density at radius 1 is 1.30 bits per heavy atom. The maximum atomic E-state index is 6.11. The number of allylic oxidation sites excluding steroid dienone is 3. The van der Waals surface area contributed by atoms with E-state index < -0.39 is 0 Å². The van der Waals surface area contributed by atoms with Crippen molar-refractivity contribution in [2.75, 3.05) is 13.2 Å². The second-order valence-corrected chi connectivity index (χ2v) is 4.68. The number of nitrogens with zero attached hydrogens (tertiary/aromatic N) is 1. The van der Waals surface area contributed by atoms with Crippen LogP contribution in [0.1, 0.15) is 12.5 Å². The molecule has 102 valence electrons. The molecule has 1 heterocycles. The van der Waals surface area contributed by atoms with Crippen molar-refractivity contribution in [1.29, 1.82) is 0 Å². The van der Waals surface area contributed by atoms with Crippen LogP contribution in [-0.2, 0) is 0 Å². The van der Waals surface area contributed by atoms with Crippen LogP contribution in [0, 0.1) is 12.3 Å². The van der Waals surface area contributed by atoms with Crippen molar-refractivity contribution in [3.63, 3.8) is 0 Å². The molecule has 2 rings (SSSR count). The molecule has 3 heteroatoms. The lowest BCUT2D eigenvalue weighted by molar-refractivity contribution is 0.370. The Bertz CT molecular complexity index is 605. The minimum absolute atomic E-state index is 0.276. The molecular weight excluding hydrogens is 270 g/mol. The van der Waals surface area contributed by atoms with E-state index in [1.165, 1.54) is 0 Å². The summed E-state index contributed by atoms with van der Waals surface area (Å²) in [5, 5.41) is 0.671. The van der Waals surface area contributed by atoms with Crippen molar-refractivity contribution in [2.24, 2.45) is 0 Å². The van der Waals surface area contributed by atoms with Gasteiger partial charge in [0.15, 0.2) is 0 Å². The Morgan fingerprint density at radius 2 is 2.00 bits per heavy atom. The number of likely N-dealkylation sites (N-methyl/N-ethyl adjacent to an activating group) is 1. The van der Waals surface area contributed by atoms with Crippen LogP contribution in [0.2, 0.25) is 0 Å². The van der Waals surface area contributed by atoms with E-state index >= 15 is 0 Å². The van der Waals surface area contributed by atoms with Gasteiger partial charge in [-0.05, 0) is 48.9 Å². The van der Waals surface area contributed by atoms with Crippen molar-refractivity contribution in [2.45, 2.75) is 6.92 Å². The van der Waals surface area contributed by atoms with E-state index in [0.717, 1.165) is 29.3 Å². The van der Waals surface area contributed by atoms with Crippen molar-refractivity contribution in [3.05, 3.63) is 59.3 Å². The highest BCUT2D eigenvalue weighted by Gasteiger charge is 2.18. The van der Waals surface area contributed by atoms with Crippen LogP contribution < -0.4 is 4.74 Å². The lowest BCUT2D eigenvalue weighted by Gasteiger charge is -2.30. The second-order valence-electron chi connectivity index (χ2n) is 4.27. The topological polar surface area (TPSA) is 12.5 Å². The van der Waals surface area contributed by atoms with Gasteiger partial charge in [-0.2, -0.15) is 0 Å². The smallest absolute Gasteiger partial charge is 0.148 e. The molecule has 0 spiro atoms. The molecule has 0 saturated heterocycles. The van der Waals surface area contributed by atoms with Crippen LogP contribution in [0.3, 0.4) is 0 Å². The van der Waals surface area contributed by atoms with Gasteiger partial charge in [-0.25, -0.2) is 0 Å². The van der Waals surface area contributed by atoms with Gasteiger partial charge in [-0.3, -0.25) is 0 Å². The number of rotatable bonds is 4. The van der Waals surface area contributed by atoms with Crippen molar-refractivity contribution < 1.29 is 4.74 Å². The van der Waals surface area contributed by atoms with Gasteiger partial charge in [0.2, 0.25) is 0 Å². The molecule has 2 nitrogen and oxygen atoms in total. The Morgan fingerprint density at radius 3 is 2.60 bits per heavy atom. The third kappa shape index (κ3) is 2.89. The molecule has 1 aliphatic rings. The van der Waals surface area contributed by atoms with Crippen molar-refractivity contribution in [1.82, 2.24) is 4.90 Å². The molecule has 1 aliphatic heterocycles. The van der Waals surface area contributed by atoms with E-state index in [-0.39, 0.29) is 6.61 Å². The van der Waals surface area contributed by atoms with E-state index in [4.69, 9.17) is 22.8 Å². The molecule has 0 N–H and O–H groups in total. The highest BCUT2D eigenvalue weighted by Crippen LogP contribution is 2.32. The number of halogens is 1. The molecule has 1 aromatic carbocycles. The zero-order chi connectivity index (χ0) is 14.5. The minimum Gasteiger partial charge on any atom is -0.481 e. The molecule has 0 radical (unpaired) electrons. The Labute approximate surface area is 125 Å². The molecule has 0 bridgehead atoms. The molecule has 0 atom stereocenters. The monoisotopic (exact) mass is 285 g/mol. The van der Waals surface area contributed by atoms with Crippen LogP contribution in [0.5, 0.6) is 5.75 Å². The van der Waals surface area contributed by atoms with Gasteiger partial charge in [0.05, 0.1) is 10.7 Å². The highest BCUT2D eigenvalue weighted by molar-refractivity contribution is 6.32. The van der Waals surface area contributed by atoms with Gasteiger partial charge in [0, 0.05) is 12.2 Å². The fourth-order valence-electron chi connectivity index (χ4n) is 2.07. The number of benzene rings is 1. The summed E-state index contributed by atoms with van der Waals surface area (Å²) >= 11 is 6.11. The predicted molar refractivity (Wildman–Crippen MR) is 84.2 cm³/mol. The molecule has 0 aliphatic carbocycles. The zero-order valence-corrected chi connectivity index (χ0v) is 12.2. The van der Waals surface area contributed by atoms with Crippen molar-refractivity contribution in [3.8, 4) is 18.1 Å². The van der Waals surface area contributed by atoms with Gasteiger partial charge in [-0.15, -0.1) is 6.42 Å². The first kappa shape index (κ1) is 14.3. The summed E-state index contributed by atoms with van der Waals surface area (Å²) in [7, 11) is 0. The first-order valence-electron chi connectivity index (χ1n) is 6.38. The summed E-state index contributed by atoms with van der Waals surface area (Å²) in [6, 6.07) is 7.81. The first-order valence-corrected chi connectivity index (χ1v) is 6.76. The average molecular weight is 286 g/mol. The predicted octanol–water partition coefficient (Wildman–Crippen LogP) is 4.01. The summed E-state index contributed by atoms with van der Waals surface area (Å²) in [6.45, 7) is 7.17. The lowest BCUT2D eigenvalue weighted by Crippen LogP contribution is -2.22. The third-order valence-corrected chi connectivity index (χ3v) is 3.41. The Kier molecular flexibility index (Phi) is 4.55. The standard InChI is InChI=1S/C17H16ClNO/c1-4-12-20-15-8-6-14(7-9-15)17-11-10-16(18)13(3)19(17)5-2/h1,6-11H,3,5,12H2,2H3. The van der Waals surface area contributed by atoms with Gasteiger partial charge in [0.25, 0.3) is 0 Å². The fraction of sp³-hybridized carbons (Fsp3) is 0.176. The molecule has 20 heavy (non-hydrogen) atoms. The number of hydrogen-bond acceptors (Lipinski definition) is 2. The molecule has 0 unspecified atom stereocenters. The highest BCUT2D eigenvalue weighted by atomic mass is 35.5. The summed E-state index contributed by atoms with van der Waals surface area (Å²) in [5.74, 6) is 3.21. The van der Waals surface area contributed by atoms with Gasteiger partial charge < -0.3 is 9.64 Å². The van der Waals surface area contributed by atoms with Crippen LogP contribution in [0.15, 0.2) is 53.7 Å². The lowest BCUT2D eigenvalue weighted by atomic mass is 10.1. The van der Waals surface area contributed by atoms with Gasteiger partial charge in [-0.1, -0.05) is 24.1 Å². The fourth-order valence-corrected chi connectivity index (χ4v) is 2.24. The Balaban J connectivity index is 2.26. The summed E-state index contributed by atoms with van der Waals surface area (Å²) < 4.78 is 5.37. The van der Waals surface area contributed by atoms with Gasteiger partial charge >= 0.3 is 0 Å². The number of terminal acetylenes is 1. The van der Waals surface area contributed by atoms with E-state index in [1.807, 2.05) is 36.4 Å².